The van der Waals surface area contributed by atoms with Gasteiger partial charge in [0.2, 0.25) is 0 Å². The van der Waals surface area contributed by atoms with E-state index < -0.39 is 32.6 Å². The molecule has 0 aliphatic carbocycles. The Morgan fingerprint density at radius 3 is 2.54 bits per heavy atom. The Kier molecular flexibility index (Phi) is 10.8. The van der Waals surface area contributed by atoms with E-state index in [4.69, 9.17) is 15.0 Å². The minimum atomic E-state index is -4.56. The normalized spacial score (nSPS) is 14.8. The van der Waals surface area contributed by atoms with E-state index in [0.717, 1.165) is 31.7 Å². The van der Waals surface area contributed by atoms with Crippen molar-refractivity contribution in [3.63, 3.8) is 0 Å². The van der Waals surface area contributed by atoms with Crippen molar-refractivity contribution < 1.29 is 32.1 Å². The summed E-state index contributed by atoms with van der Waals surface area (Å²) < 4.78 is 60.8. The average molecular weight is 423 g/mol. The highest BCUT2D eigenvalue weighted by molar-refractivity contribution is 7.17. The Labute approximate surface area is 165 Å². The summed E-state index contributed by atoms with van der Waals surface area (Å²) in [6.07, 6.45) is 3.00. The van der Waals surface area contributed by atoms with E-state index in [0.29, 0.717) is 6.42 Å². The van der Waals surface area contributed by atoms with Crippen LogP contribution in [0.4, 0.5) is 13.2 Å². The summed E-state index contributed by atoms with van der Waals surface area (Å²) in [4.78, 5) is 0. The van der Waals surface area contributed by atoms with Crippen LogP contribution in [0.5, 0.6) is 5.75 Å². The zero-order chi connectivity index (χ0) is 21.0. The maximum Gasteiger partial charge on any atom is 0.419 e. The number of aliphatic hydroxyl groups excluding tert-OH is 1. The quantitative estimate of drug-likeness (QED) is 0.362. The van der Waals surface area contributed by atoms with Gasteiger partial charge < -0.3 is 20.1 Å². The van der Waals surface area contributed by atoms with Crippen LogP contribution in [0.3, 0.4) is 0 Å². The fourth-order valence-electron chi connectivity index (χ4n) is 2.48. The Bertz CT molecular complexity index is 640. The standard InChI is InChI=1S/C19H29F3NO4P/c1-2-3-4-5-6-11-26-17-8-7-15(12-16(17)19(20,21)22)9-10-18(23,13-24)14-27-28-25/h7-10,12,24H,2-6,11,13-14,23,28H2,1H3. The zero-order valence-electron chi connectivity index (χ0n) is 16.0. The van der Waals surface area contributed by atoms with E-state index in [2.05, 4.69) is 6.92 Å². The van der Waals surface area contributed by atoms with Crippen LogP contribution in [-0.2, 0) is 15.3 Å². The summed E-state index contributed by atoms with van der Waals surface area (Å²) >= 11 is 0. The third kappa shape index (κ3) is 8.78. The van der Waals surface area contributed by atoms with Gasteiger partial charge in [-0.2, -0.15) is 13.2 Å². The van der Waals surface area contributed by atoms with Crippen LogP contribution in [0.15, 0.2) is 24.3 Å². The van der Waals surface area contributed by atoms with Gasteiger partial charge in [0.15, 0.2) is 8.69 Å². The topological polar surface area (TPSA) is 81.8 Å². The number of unbranched alkanes of at least 4 members (excludes halogenated alkanes) is 4. The first-order chi connectivity index (χ1) is 13.3. The Morgan fingerprint density at radius 2 is 1.93 bits per heavy atom. The summed E-state index contributed by atoms with van der Waals surface area (Å²) in [5, 5.41) is 9.34. The predicted octanol–water partition coefficient (Wildman–Crippen LogP) is 4.45. The third-order valence-electron chi connectivity index (χ3n) is 4.14. The van der Waals surface area contributed by atoms with Crippen LogP contribution in [-0.4, -0.2) is 30.5 Å². The second-order valence-electron chi connectivity index (χ2n) is 6.65. The highest BCUT2D eigenvalue weighted by atomic mass is 31.1. The number of hydrogen-bond acceptors (Lipinski definition) is 5. The SMILES string of the molecule is CCCCCCCOc1ccc(C=CC(N)(CO)CO[PH2]=O)cc1C(F)(F)F. The van der Waals surface area contributed by atoms with Crippen molar-refractivity contribution in [2.75, 3.05) is 19.8 Å². The highest BCUT2D eigenvalue weighted by Gasteiger charge is 2.34. The molecule has 0 amide bonds. The first kappa shape index (κ1) is 24.7. The van der Waals surface area contributed by atoms with Crippen LogP contribution in [0.1, 0.15) is 50.2 Å². The van der Waals surface area contributed by atoms with Crippen LogP contribution in [0.2, 0.25) is 0 Å². The number of hydrogen-bond donors (Lipinski definition) is 2. The molecule has 5 nitrogen and oxygen atoms in total. The first-order valence-electron chi connectivity index (χ1n) is 9.24. The van der Waals surface area contributed by atoms with Gasteiger partial charge in [-0.05, 0) is 24.1 Å². The first-order valence-corrected chi connectivity index (χ1v) is 10.2. The molecule has 0 spiro atoms. The molecule has 0 heterocycles. The summed E-state index contributed by atoms with van der Waals surface area (Å²) in [5.41, 5.74) is 3.92. The molecule has 2 atom stereocenters. The highest BCUT2D eigenvalue weighted by Crippen LogP contribution is 2.37. The van der Waals surface area contributed by atoms with Gasteiger partial charge in [-0.1, -0.05) is 50.8 Å². The van der Waals surface area contributed by atoms with Gasteiger partial charge in [0.1, 0.15) is 5.75 Å². The smallest absolute Gasteiger partial charge is 0.419 e. The Hall–Kier alpha value is -1.34. The fourth-order valence-corrected chi connectivity index (χ4v) is 2.86. The summed E-state index contributed by atoms with van der Waals surface area (Å²) in [5.74, 6) is -0.209. The second-order valence-corrected chi connectivity index (χ2v) is 7.17. The largest absolute Gasteiger partial charge is 0.493 e. The molecule has 28 heavy (non-hydrogen) atoms. The van der Waals surface area contributed by atoms with Crippen molar-refractivity contribution in [2.24, 2.45) is 5.73 Å². The summed E-state index contributed by atoms with van der Waals surface area (Å²) in [6.45, 7) is 1.61. The monoisotopic (exact) mass is 423 g/mol. The average Bonchev–Trinajstić information content (AvgIpc) is 2.67. The number of alkyl halides is 3. The molecule has 0 aromatic heterocycles. The summed E-state index contributed by atoms with van der Waals surface area (Å²) in [7, 11) is -1.49. The molecule has 1 rings (SSSR count). The Morgan fingerprint density at radius 1 is 1.21 bits per heavy atom. The van der Waals surface area contributed by atoms with Gasteiger partial charge in [0, 0.05) is 0 Å². The van der Waals surface area contributed by atoms with Crippen LogP contribution in [0, 0.1) is 0 Å². The van der Waals surface area contributed by atoms with Gasteiger partial charge in [-0.3, -0.25) is 4.57 Å². The fraction of sp³-hybridized carbons (Fsp3) is 0.579. The predicted molar refractivity (Wildman–Crippen MR) is 105 cm³/mol. The zero-order valence-corrected chi connectivity index (χ0v) is 17.2. The molecule has 2 unspecified atom stereocenters. The molecule has 1 aromatic rings. The van der Waals surface area contributed by atoms with E-state index in [1.807, 2.05) is 0 Å². The molecule has 160 valence electrons. The van der Waals surface area contributed by atoms with Crippen molar-refractivity contribution in [1.82, 2.24) is 0 Å². The van der Waals surface area contributed by atoms with Crippen LogP contribution < -0.4 is 10.5 Å². The van der Waals surface area contributed by atoms with Crippen molar-refractivity contribution in [3.05, 3.63) is 35.4 Å². The number of nitrogens with two attached hydrogens (primary N) is 1. The molecular formula is C19H29F3NO4P. The van der Waals surface area contributed by atoms with Crippen molar-refractivity contribution in [2.45, 2.75) is 50.7 Å². The number of aliphatic hydroxyl groups is 1. The van der Waals surface area contributed by atoms with Crippen LogP contribution in [0.25, 0.3) is 6.08 Å². The lowest BCUT2D eigenvalue weighted by molar-refractivity contribution is -0.139. The van der Waals surface area contributed by atoms with E-state index in [-0.39, 0.29) is 24.5 Å². The van der Waals surface area contributed by atoms with Gasteiger partial charge in [0.05, 0.1) is 30.9 Å². The van der Waals surface area contributed by atoms with Crippen LogP contribution >= 0.6 is 8.69 Å². The van der Waals surface area contributed by atoms with Crippen molar-refractivity contribution in [1.29, 1.82) is 0 Å². The van der Waals surface area contributed by atoms with E-state index in [9.17, 15) is 22.8 Å². The molecule has 0 aliphatic rings. The molecule has 0 saturated carbocycles. The van der Waals surface area contributed by atoms with Gasteiger partial charge in [-0.15, -0.1) is 0 Å². The third-order valence-corrected chi connectivity index (χ3v) is 4.44. The maximum atomic E-state index is 13.4. The molecule has 0 bridgehead atoms. The maximum absolute atomic E-state index is 13.4. The van der Waals surface area contributed by atoms with E-state index in [1.54, 1.807) is 0 Å². The minimum Gasteiger partial charge on any atom is -0.493 e. The van der Waals surface area contributed by atoms with Gasteiger partial charge >= 0.3 is 6.18 Å². The molecule has 0 radical (unpaired) electrons. The summed E-state index contributed by atoms with van der Waals surface area (Å²) in [6, 6.07) is 3.74. The molecule has 0 fully saturated rings. The Balaban J connectivity index is 2.88. The number of halogens is 3. The van der Waals surface area contributed by atoms with E-state index >= 15 is 0 Å². The molecular weight excluding hydrogens is 394 g/mol. The minimum absolute atomic E-state index is 0.204. The van der Waals surface area contributed by atoms with E-state index in [1.165, 1.54) is 24.3 Å². The number of benzene rings is 1. The van der Waals surface area contributed by atoms with Gasteiger partial charge in [0.25, 0.3) is 0 Å². The molecule has 0 aliphatic heterocycles. The molecule has 0 saturated heterocycles. The number of rotatable bonds is 13. The molecule has 9 heteroatoms. The lowest BCUT2D eigenvalue weighted by Gasteiger charge is -2.21. The van der Waals surface area contributed by atoms with Crippen molar-refractivity contribution in [3.8, 4) is 5.75 Å². The lowest BCUT2D eigenvalue weighted by atomic mass is 10.0. The second kappa shape index (κ2) is 12.3. The molecule has 1 aromatic carbocycles. The lowest BCUT2D eigenvalue weighted by Crippen LogP contribution is -2.45. The van der Waals surface area contributed by atoms with Crippen molar-refractivity contribution >= 4 is 14.8 Å². The molecule has 3 N–H and O–H groups in total. The number of ether oxygens (including phenoxy) is 1. The van der Waals surface area contributed by atoms with Gasteiger partial charge in [-0.25, -0.2) is 0 Å².